The minimum absolute atomic E-state index is 0.433. The van der Waals surface area contributed by atoms with Crippen LogP contribution < -0.4 is 5.32 Å². The van der Waals surface area contributed by atoms with Gasteiger partial charge in [-0.25, -0.2) is 4.99 Å². The number of halogens is 1. The number of amidine groups is 1. The Labute approximate surface area is 169 Å². The molecule has 3 nitrogen and oxygen atoms in total. The zero-order chi connectivity index (χ0) is 18.7. The SMILES string of the molecule is CC1CN(C(=S)Nc2cccc(Cl)c2)/C(=N\c2ccc(C(C)C)cc2)S1. The Morgan fingerprint density at radius 2 is 2.00 bits per heavy atom. The molecule has 0 aliphatic carbocycles. The van der Waals surface area contributed by atoms with Crippen molar-refractivity contribution in [3.63, 3.8) is 0 Å². The number of thioether (sulfide) groups is 1. The molecule has 1 unspecified atom stereocenters. The standard InChI is InChI=1S/C20H22ClN3S2/c1-13(2)15-7-9-17(10-8-15)23-20-24(12-14(3)26-20)19(25)22-18-6-4-5-16(21)11-18/h4-11,13-14H,12H2,1-3H3,(H,22,25)/b23-20+. The maximum absolute atomic E-state index is 6.06. The molecule has 0 spiro atoms. The highest BCUT2D eigenvalue weighted by Crippen LogP contribution is 2.29. The highest BCUT2D eigenvalue weighted by Gasteiger charge is 2.28. The minimum atomic E-state index is 0.433. The number of hydrogen-bond donors (Lipinski definition) is 1. The molecule has 26 heavy (non-hydrogen) atoms. The molecule has 1 saturated heterocycles. The van der Waals surface area contributed by atoms with Gasteiger partial charge >= 0.3 is 0 Å². The summed E-state index contributed by atoms with van der Waals surface area (Å²) in [5, 5.41) is 5.94. The second-order valence-corrected chi connectivity index (χ2v) is 8.85. The molecule has 1 aliphatic rings. The average Bonchev–Trinajstić information content (AvgIpc) is 2.96. The lowest BCUT2D eigenvalue weighted by Gasteiger charge is -2.20. The predicted molar refractivity (Wildman–Crippen MR) is 119 cm³/mol. The third-order valence-corrected chi connectivity index (χ3v) is 5.71. The van der Waals surface area contributed by atoms with Crippen LogP contribution in [-0.2, 0) is 0 Å². The number of benzene rings is 2. The fourth-order valence-electron chi connectivity index (χ4n) is 2.67. The van der Waals surface area contributed by atoms with Crippen molar-refractivity contribution < 1.29 is 0 Å². The molecular formula is C20H22ClN3S2. The van der Waals surface area contributed by atoms with Gasteiger partial charge in [-0.15, -0.1) is 0 Å². The lowest BCUT2D eigenvalue weighted by molar-refractivity contribution is 0.641. The van der Waals surface area contributed by atoms with E-state index < -0.39 is 0 Å². The Balaban J connectivity index is 1.78. The van der Waals surface area contributed by atoms with E-state index in [1.165, 1.54) is 5.56 Å². The maximum atomic E-state index is 6.06. The van der Waals surface area contributed by atoms with Crippen molar-refractivity contribution in [3.8, 4) is 0 Å². The number of aliphatic imine (C=N–C) groups is 1. The molecule has 2 aromatic rings. The van der Waals surface area contributed by atoms with Crippen LogP contribution in [0.25, 0.3) is 0 Å². The van der Waals surface area contributed by atoms with Gasteiger partial charge in [0.05, 0.1) is 5.69 Å². The first kappa shape index (κ1) is 19.2. The van der Waals surface area contributed by atoms with Crippen LogP contribution in [0.15, 0.2) is 53.5 Å². The second-order valence-electron chi connectivity index (χ2n) is 6.62. The van der Waals surface area contributed by atoms with E-state index in [2.05, 4.69) is 55.3 Å². The van der Waals surface area contributed by atoms with Crippen LogP contribution in [0, 0.1) is 0 Å². The number of anilines is 1. The third kappa shape index (κ3) is 4.78. The van der Waals surface area contributed by atoms with Gasteiger partial charge in [0.25, 0.3) is 0 Å². The fourth-order valence-corrected chi connectivity index (χ4v) is 4.24. The Kier molecular flexibility index (Phi) is 6.22. The molecule has 0 bridgehead atoms. The number of thiocarbonyl (C=S) groups is 1. The van der Waals surface area contributed by atoms with Crippen LogP contribution in [0.5, 0.6) is 0 Å². The molecule has 0 amide bonds. The van der Waals surface area contributed by atoms with Crippen molar-refractivity contribution in [2.75, 3.05) is 11.9 Å². The number of rotatable bonds is 3. The lowest BCUT2D eigenvalue weighted by Crippen LogP contribution is -2.36. The van der Waals surface area contributed by atoms with Crippen LogP contribution in [-0.4, -0.2) is 27.0 Å². The molecule has 3 rings (SSSR count). The molecule has 0 saturated carbocycles. The van der Waals surface area contributed by atoms with E-state index in [1.54, 1.807) is 11.8 Å². The largest absolute Gasteiger partial charge is 0.332 e. The van der Waals surface area contributed by atoms with Gasteiger partial charge in [-0.1, -0.05) is 62.3 Å². The smallest absolute Gasteiger partial charge is 0.179 e. The van der Waals surface area contributed by atoms with E-state index in [0.717, 1.165) is 23.1 Å². The van der Waals surface area contributed by atoms with Crippen molar-refractivity contribution in [1.82, 2.24) is 4.90 Å². The van der Waals surface area contributed by atoms with Crippen LogP contribution in [0.2, 0.25) is 5.02 Å². The Morgan fingerprint density at radius 3 is 2.65 bits per heavy atom. The van der Waals surface area contributed by atoms with E-state index in [4.69, 9.17) is 28.8 Å². The highest BCUT2D eigenvalue weighted by atomic mass is 35.5. The molecule has 0 radical (unpaired) electrons. The van der Waals surface area contributed by atoms with E-state index in [9.17, 15) is 0 Å². The molecule has 136 valence electrons. The first-order valence-corrected chi connectivity index (χ1v) is 10.3. The highest BCUT2D eigenvalue weighted by molar-refractivity contribution is 8.14. The van der Waals surface area contributed by atoms with Crippen molar-refractivity contribution in [3.05, 3.63) is 59.1 Å². The summed E-state index contributed by atoms with van der Waals surface area (Å²) < 4.78 is 0. The fraction of sp³-hybridized carbons (Fsp3) is 0.300. The van der Waals surface area contributed by atoms with Crippen molar-refractivity contribution in [1.29, 1.82) is 0 Å². The van der Waals surface area contributed by atoms with E-state index >= 15 is 0 Å². The molecule has 1 atom stereocenters. The molecule has 1 fully saturated rings. The normalized spacial score (nSPS) is 18.6. The summed E-state index contributed by atoms with van der Waals surface area (Å²) in [6.07, 6.45) is 0. The van der Waals surface area contributed by atoms with Gasteiger partial charge in [-0.05, 0) is 54.0 Å². The van der Waals surface area contributed by atoms with Gasteiger partial charge in [0.15, 0.2) is 10.3 Å². The average molecular weight is 404 g/mol. The van der Waals surface area contributed by atoms with Gasteiger partial charge < -0.3 is 5.32 Å². The molecule has 1 heterocycles. The summed E-state index contributed by atoms with van der Waals surface area (Å²) in [6.45, 7) is 7.40. The quantitative estimate of drug-likeness (QED) is 0.610. The summed E-state index contributed by atoms with van der Waals surface area (Å²) in [5.74, 6) is 0.517. The summed E-state index contributed by atoms with van der Waals surface area (Å²) in [4.78, 5) is 6.88. The number of hydrogen-bond acceptors (Lipinski definition) is 3. The molecule has 0 aromatic heterocycles. The molecule has 1 N–H and O–H groups in total. The van der Waals surface area contributed by atoms with Crippen LogP contribution >= 0.6 is 35.6 Å². The van der Waals surface area contributed by atoms with E-state index in [0.29, 0.717) is 21.3 Å². The van der Waals surface area contributed by atoms with E-state index in [1.807, 2.05) is 24.3 Å². The summed E-state index contributed by atoms with van der Waals surface area (Å²) in [6, 6.07) is 16.0. The van der Waals surface area contributed by atoms with Crippen molar-refractivity contribution in [2.24, 2.45) is 4.99 Å². The minimum Gasteiger partial charge on any atom is -0.332 e. The topological polar surface area (TPSA) is 27.6 Å². The van der Waals surface area contributed by atoms with Crippen LogP contribution in [0.3, 0.4) is 0 Å². The first-order valence-electron chi connectivity index (χ1n) is 8.62. The lowest BCUT2D eigenvalue weighted by atomic mass is 10.0. The Morgan fingerprint density at radius 1 is 1.27 bits per heavy atom. The molecule has 6 heteroatoms. The van der Waals surface area contributed by atoms with Gasteiger partial charge in [0, 0.05) is 22.5 Å². The van der Waals surface area contributed by atoms with E-state index in [-0.39, 0.29) is 0 Å². The van der Waals surface area contributed by atoms with Crippen molar-refractivity contribution in [2.45, 2.75) is 31.9 Å². The number of nitrogens with one attached hydrogen (secondary N) is 1. The van der Waals surface area contributed by atoms with Crippen molar-refractivity contribution >= 4 is 57.2 Å². The summed E-state index contributed by atoms with van der Waals surface area (Å²) in [5.41, 5.74) is 3.14. The van der Waals surface area contributed by atoms with Gasteiger partial charge in [-0.2, -0.15) is 0 Å². The maximum Gasteiger partial charge on any atom is 0.179 e. The zero-order valence-corrected chi connectivity index (χ0v) is 17.5. The number of nitrogens with zero attached hydrogens (tertiary/aromatic N) is 2. The predicted octanol–water partition coefficient (Wildman–Crippen LogP) is 6.29. The van der Waals surface area contributed by atoms with Gasteiger partial charge in [0.2, 0.25) is 0 Å². The van der Waals surface area contributed by atoms with Crippen LogP contribution in [0.1, 0.15) is 32.3 Å². The zero-order valence-electron chi connectivity index (χ0n) is 15.1. The Hall–Kier alpha value is -1.56. The van der Waals surface area contributed by atoms with Crippen LogP contribution in [0.4, 0.5) is 11.4 Å². The summed E-state index contributed by atoms with van der Waals surface area (Å²) >= 11 is 13.4. The monoisotopic (exact) mass is 403 g/mol. The molecule has 1 aliphatic heterocycles. The van der Waals surface area contributed by atoms with Gasteiger partial charge in [-0.3, -0.25) is 4.90 Å². The molecular weight excluding hydrogens is 382 g/mol. The third-order valence-electron chi connectivity index (χ3n) is 4.08. The van der Waals surface area contributed by atoms with Gasteiger partial charge in [0.1, 0.15) is 0 Å². The first-order chi connectivity index (χ1) is 12.4. The Bertz CT molecular complexity index is 818. The second kappa shape index (κ2) is 8.42. The molecule has 2 aromatic carbocycles. The summed E-state index contributed by atoms with van der Waals surface area (Å²) in [7, 11) is 0.